The van der Waals surface area contributed by atoms with E-state index in [2.05, 4.69) is 41.1 Å². The normalized spacial score (nSPS) is 11.1. The van der Waals surface area contributed by atoms with Crippen LogP contribution in [0.1, 0.15) is 69.7 Å². The number of carbonyl (C=O) groups excluding carboxylic acids is 1. The molecule has 0 unspecified atom stereocenters. The number of hydrogen-bond donors (Lipinski definition) is 1. The van der Waals surface area contributed by atoms with Crippen molar-refractivity contribution >= 4 is 16.9 Å². The Morgan fingerprint density at radius 3 is 2.42 bits per heavy atom. The Kier molecular flexibility index (Phi) is 10.3. The van der Waals surface area contributed by atoms with Gasteiger partial charge in [0.05, 0.1) is 24.6 Å². The Bertz CT molecular complexity index is 978. The third-order valence-electron chi connectivity index (χ3n) is 6.14. The van der Waals surface area contributed by atoms with Crippen LogP contribution in [0.15, 0.2) is 48.5 Å². The van der Waals surface area contributed by atoms with Gasteiger partial charge in [-0.05, 0) is 42.7 Å². The van der Waals surface area contributed by atoms with Gasteiger partial charge < -0.3 is 14.6 Å². The van der Waals surface area contributed by atoms with Gasteiger partial charge in [0.25, 0.3) is 0 Å². The van der Waals surface area contributed by atoms with Crippen LogP contribution in [0.25, 0.3) is 11.0 Å². The first-order chi connectivity index (χ1) is 16.2. The van der Waals surface area contributed by atoms with Crippen LogP contribution in [-0.2, 0) is 24.2 Å². The third-order valence-corrected chi connectivity index (χ3v) is 6.14. The number of ether oxygens (including phenoxy) is 1. The molecule has 0 fully saturated rings. The molecule has 1 aromatic heterocycles. The predicted octanol–water partition coefficient (Wildman–Crippen LogP) is 6.09. The second-order valence-electron chi connectivity index (χ2n) is 8.77. The lowest BCUT2D eigenvalue weighted by molar-refractivity contribution is -0.120. The van der Waals surface area contributed by atoms with E-state index in [0.717, 1.165) is 42.0 Å². The van der Waals surface area contributed by atoms with Gasteiger partial charge in [-0.2, -0.15) is 0 Å². The Morgan fingerprint density at radius 1 is 0.939 bits per heavy atom. The summed E-state index contributed by atoms with van der Waals surface area (Å²) in [5.41, 5.74) is 3.28. The molecule has 0 aliphatic rings. The summed E-state index contributed by atoms with van der Waals surface area (Å²) in [6.07, 6.45) is 11.3. The number of benzene rings is 2. The third kappa shape index (κ3) is 7.92. The van der Waals surface area contributed by atoms with Gasteiger partial charge in [0, 0.05) is 19.5 Å². The van der Waals surface area contributed by atoms with E-state index in [-0.39, 0.29) is 5.91 Å². The van der Waals surface area contributed by atoms with Gasteiger partial charge in [-0.1, -0.05) is 69.7 Å². The van der Waals surface area contributed by atoms with E-state index in [1.54, 1.807) is 7.11 Å². The minimum Gasteiger partial charge on any atom is -0.497 e. The minimum atomic E-state index is 0.0525. The number of carbonyl (C=O) groups is 1. The first-order valence-corrected chi connectivity index (χ1v) is 12.5. The van der Waals surface area contributed by atoms with Crippen molar-refractivity contribution in [3.05, 3.63) is 59.9 Å². The van der Waals surface area contributed by atoms with Crippen LogP contribution in [0.5, 0.6) is 5.75 Å². The molecule has 1 amide bonds. The van der Waals surface area contributed by atoms with E-state index in [1.165, 1.54) is 50.5 Å². The summed E-state index contributed by atoms with van der Waals surface area (Å²) in [5, 5.41) is 3.05. The number of unbranched alkanes of at least 4 members (excludes halogenated alkanes) is 6. The lowest BCUT2D eigenvalue weighted by atomic mass is 10.1. The Hall–Kier alpha value is -2.82. The second kappa shape index (κ2) is 13.7. The quantitative estimate of drug-likeness (QED) is 0.286. The highest BCUT2D eigenvalue weighted by atomic mass is 16.5. The summed E-state index contributed by atoms with van der Waals surface area (Å²) in [7, 11) is 1.64. The molecule has 1 N–H and O–H groups in total. The maximum Gasteiger partial charge on any atom is 0.224 e. The van der Waals surface area contributed by atoms with Gasteiger partial charge in [-0.15, -0.1) is 0 Å². The summed E-state index contributed by atoms with van der Waals surface area (Å²) < 4.78 is 7.56. The van der Waals surface area contributed by atoms with Gasteiger partial charge in [-0.25, -0.2) is 4.98 Å². The van der Waals surface area contributed by atoms with Gasteiger partial charge in [-0.3, -0.25) is 4.79 Å². The molecule has 0 aliphatic carbocycles. The molecule has 5 heteroatoms. The predicted molar refractivity (Wildman–Crippen MR) is 136 cm³/mol. The van der Waals surface area contributed by atoms with Crippen LogP contribution in [0.2, 0.25) is 0 Å². The fourth-order valence-electron chi connectivity index (χ4n) is 4.26. The number of aryl methyl sites for hydroxylation is 2. The number of methoxy groups -OCH3 is 1. The van der Waals surface area contributed by atoms with Crippen molar-refractivity contribution in [2.75, 3.05) is 13.7 Å². The van der Waals surface area contributed by atoms with Crippen LogP contribution >= 0.6 is 0 Å². The number of aromatic nitrogens is 2. The van der Waals surface area contributed by atoms with Gasteiger partial charge in [0.1, 0.15) is 11.6 Å². The number of hydrogen-bond acceptors (Lipinski definition) is 3. The summed E-state index contributed by atoms with van der Waals surface area (Å²) in [4.78, 5) is 17.2. The van der Waals surface area contributed by atoms with E-state index >= 15 is 0 Å². The molecule has 0 saturated heterocycles. The van der Waals surface area contributed by atoms with Gasteiger partial charge >= 0.3 is 0 Å². The van der Waals surface area contributed by atoms with Crippen LogP contribution < -0.4 is 10.1 Å². The molecule has 0 atom stereocenters. The molecule has 2 aromatic carbocycles. The summed E-state index contributed by atoms with van der Waals surface area (Å²) in [5.74, 6) is 1.99. The minimum absolute atomic E-state index is 0.0525. The molecule has 3 aromatic rings. The Labute approximate surface area is 198 Å². The van der Waals surface area contributed by atoms with Crippen LogP contribution in [0.3, 0.4) is 0 Å². The highest BCUT2D eigenvalue weighted by Crippen LogP contribution is 2.19. The standard InChI is InChI=1S/C28H39N3O2/c1-3-4-5-6-7-8-11-21-31-26-14-10-9-13-25(26)30-27(31)15-12-20-29-28(32)22-23-16-18-24(33-2)19-17-23/h9-10,13-14,16-19H,3-8,11-12,15,20-22H2,1-2H3,(H,29,32). The average Bonchev–Trinajstić information content (AvgIpc) is 3.19. The molecule has 0 bridgehead atoms. The number of nitrogens with zero attached hydrogens (tertiary/aromatic N) is 2. The smallest absolute Gasteiger partial charge is 0.224 e. The molecular formula is C28H39N3O2. The van der Waals surface area contributed by atoms with E-state index in [1.807, 2.05) is 24.3 Å². The van der Waals surface area contributed by atoms with Crippen LogP contribution in [-0.4, -0.2) is 29.1 Å². The zero-order valence-corrected chi connectivity index (χ0v) is 20.3. The SMILES string of the molecule is CCCCCCCCCn1c(CCCNC(=O)Cc2ccc(OC)cc2)nc2ccccc21. The topological polar surface area (TPSA) is 56.2 Å². The zero-order chi connectivity index (χ0) is 23.3. The van der Waals surface area contributed by atoms with E-state index in [9.17, 15) is 4.79 Å². The second-order valence-corrected chi connectivity index (χ2v) is 8.77. The summed E-state index contributed by atoms with van der Waals surface area (Å²) >= 11 is 0. The van der Waals surface area contributed by atoms with E-state index < -0.39 is 0 Å². The lowest BCUT2D eigenvalue weighted by Crippen LogP contribution is -2.26. The lowest BCUT2D eigenvalue weighted by Gasteiger charge is -2.10. The molecular weight excluding hydrogens is 410 g/mol. The van der Waals surface area contributed by atoms with Crippen molar-refractivity contribution in [2.24, 2.45) is 0 Å². The van der Waals surface area contributed by atoms with Crippen molar-refractivity contribution in [3.63, 3.8) is 0 Å². The first kappa shape index (κ1) is 24.8. The summed E-state index contributed by atoms with van der Waals surface area (Å²) in [6, 6.07) is 16.1. The molecule has 1 heterocycles. The van der Waals surface area contributed by atoms with Crippen molar-refractivity contribution in [2.45, 2.75) is 77.7 Å². The summed E-state index contributed by atoms with van der Waals surface area (Å²) in [6.45, 7) is 3.95. The van der Waals surface area contributed by atoms with Crippen molar-refractivity contribution in [3.8, 4) is 5.75 Å². The zero-order valence-electron chi connectivity index (χ0n) is 20.3. The van der Waals surface area contributed by atoms with Gasteiger partial charge in [0.2, 0.25) is 5.91 Å². The van der Waals surface area contributed by atoms with Crippen LogP contribution in [0, 0.1) is 0 Å². The first-order valence-electron chi connectivity index (χ1n) is 12.5. The van der Waals surface area contributed by atoms with E-state index in [4.69, 9.17) is 9.72 Å². The van der Waals surface area contributed by atoms with Crippen molar-refractivity contribution in [1.82, 2.24) is 14.9 Å². The Balaban J connectivity index is 1.45. The molecule has 33 heavy (non-hydrogen) atoms. The van der Waals surface area contributed by atoms with Crippen molar-refractivity contribution < 1.29 is 9.53 Å². The number of nitrogens with one attached hydrogen (secondary N) is 1. The molecule has 0 spiro atoms. The fraction of sp³-hybridized carbons (Fsp3) is 0.500. The average molecular weight is 450 g/mol. The van der Waals surface area contributed by atoms with Crippen LogP contribution in [0.4, 0.5) is 0 Å². The number of para-hydroxylation sites is 2. The number of amides is 1. The molecule has 5 nitrogen and oxygen atoms in total. The number of imidazole rings is 1. The molecule has 178 valence electrons. The maximum absolute atomic E-state index is 12.3. The monoisotopic (exact) mass is 449 g/mol. The van der Waals surface area contributed by atoms with Crippen molar-refractivity contribution in [1.29, 1.82) is 0 Å². The van der Waals surface area contributed by atoms with Gasteiger partial charge in [0.15, 0.2) is 0 Å². The highest BCUT2D eigenvalue weighted by Gasteiger charge is 2.10. The number of rotatable bonds is 15. The molecule has 0 aliphatic heterocycles. The molecule has 3 rings (SSSR count). The fourth-order valence-corrected chi connectivity index (χ4v) is 4.26. The Morgan fingerprint density at radius 2 is 1.67 bits per heavy atom. The number of fused-ring (bicyclic) bond motifs is 1. The largest absolute Gasteiger partial charge is 0.497 e. The van der Waals surface area contributed by atoms with E-state index in [0.29, 0.717) is 13.0 Å². The highest BCUT2D eigenvalue weighted by molar-refractivity contribution is 5.78. The molecule has 0 radical (unpaired) electrons. The maximum atomic E-state index is 12.3. The molecule has 0 saturated carbocycles.